The molecule has 8 heteroatoms. The third kappa shape index (κ3) is 3.26. The highest BCUT2D eigenvalue weighted by Crippen LogP contribution is 2.26. The lowest BCUT2D eigenvalue weighted by Gasteiger charge is -2.07. The maximum Gasteiger partial charge on any atom is 0.296 e. The van der Waals surface area contributed by atoms with Crippen molar-refractivity contribution in [2.75, 3.05) is 0 Å². The van der Waals surface area contributed by atoms with Crippen molar-refractivity contribution in [1.29, 1.82) is 0 Å². The fourth-order valence-electron chi connectivity index (χ4n) is 3.22. The number of phenols is 1. The zero-order valence-corrected chi connectivity index (χ0v) is 17.3. The fraction of sp³-hybridized carbons (Fsp3) is 0.0952. The molecule has 0 atom stereocenters. The van der Waals surface area contributed by atoms with Gasteiger partial charge in [0, 0.05) is 18.0 Å². The largest absolute Gasteiger partial charge is 0.508 e. The lowest BCUT2D eigenvalue weighted by molar-refractivity contribution is 0.475. The molecule has 0 saturated heterocycles. The number of aromatic nitrogens is 3. The second kappa shape index (κ2) is 7.31. The minimum absolute atomic E-state index is 0.145. The molecule has 0 bridgehead atoms. The third-order valence-corrected chi connectivity index (χ3v) is 6.12. The van der Waals surface area contributed by atoms with Crippen molar-refractivity contribution in [3.05, 3.63) is 91.0 Å². The van der Waals surface area contributed by atoms with E-state index in [2.05, 4.69) is 0 Å². The van der Waals surface area contributed by atoms with Crippen molar-refractivity contribution in [3.63, 3.8) is 0 Å². The predicted molar refractivity (Wildman–Crippen MR) is 117 cm³/mol. The van der Waals surface area contributed by atoms with Crippen LogP contribution < -0.4 is 11.1 Å². The summed E-state index contributed by atoms with van der Waals surface area (Å²) in [5.74, 6) is 0.145. The molecule has 4 aromatic rings. The van der Waals surface area contributed by atoms with Crippen molar-refractivity contribution in [2.24, 2.45) is 7.05 Å². The molecule has 0 radical (unpaired) electrons. The lowest BCUT2D eigenvalue weighted by Crippen LogP contribution is -2.26. The Morgan fingerprint density at radius 2 is 1.66 bits per heavy atom. The molecule has 0 aliphatic carbocycles. The van der Waals surface area contributed by atoms with E-state index in [1.807, 2.05) is 30.3 Å². The third-order valence-electron chi connectivity index (χ3n) is 4.75. The number of hydrogen-bond acceptors (Lipinski definition) is 5. The van der Waals surface area contributed by atoms with Gasteiger partial charge in [-0.3, -0.25) is 18.8 Å². The van der Waals surface area contributed by atoms with Crippen molar-refractivity contribution in [3.8, 4) is 27.6 Å². The normalized spacial score (nSPS) is 11.0. The van der Waals surface area contributed by atoms with Crippen molar-refractivity contribution in [2.45, 2.75) is 6.92 Å². The number of hydrogen-bond donors (Lipinski definition) is 1. The Kier molecular flexibility index (Phi) is 4.81. The second-order valence-corrected chi connectivity index (χ2v) is 8.18. The summed E-state index contributed by atoms with van der Waals surface area (Å²) < 4.78 is 4.81. The average molecular weight is 424 g/mol. The Morgan fingerprint density at radius 3 is 2.28 bits per heavy atom. The summed E-state index contributed by atoms with van der Waals surface area (Å²) in [6.45, 7) is 1.79. The number of para-hydroxylation sites is 1. The Morgan fingerprint density at radius 1 is 1.00 bits per heavy atom. The Labute approximate surface area is 175 Å². The Hall–Kier alpha value is -3.23. The Balaban J connectivity index is 1.93. The van der Waals surface area contributed by atoms with Crippen LogP contribution in [0.5, 0.6) is 5.75 Å². The number of nitrogens with zero attached hydrogens (tertiary/aromatic N) is 3. The van der Waals surface area contributed by atoms with Gasteiger partial charge in [-0.15, -0.1) is 11.3 Å². The molecular formula is C21H17N3O3S2. The summed E-state index contributed by atoms with van der Waals surface area (Å²) in [6, 6.07) is 17.2. The molecular weight excluding hydrogens is 406 g/mol. The first-order chi connectivity index (χ1) is 13.9. The molecule has 1 N–H and O–H groups in total. The summed E-state index contributed by atoms with van der Waals surface area (Å²) >= 11 is 6.74. The van der Waals surface area contributed by atoms with Gasteiger partial charge in [-0.1, -0.05) is 18.2 Å². The molecule has 6 nitrogen and oxygen atoms in total. The molecule has 0 aliphatic rings. The summed E-state index contributed by atoms with van der Waals surface area (Å²) in [7, 11) is 1.77. The van der Waals surface area contributed by atoms with Gasteiger partial charge in [0.1, 0.15) is 11.4 Å². The lowest BCUT2D eigenvalue weighted by atomic mass is 10.2. The SMILES string of the molecule is Cc1c(-n2c(=O)cc(-c3ccc(O)cc3)sc2=S)c(=O)n(-c2ccccc2)n1C. The fourth-order valence-corrected chi connectivity index (χ4v) is 4.54. The van der Waals surface area contributed by atoms with Crippen molar-refractivity contribution >= 4 is 23.6 Å². The van der Waals surface area contributed by atoms with Crippen LogP contribution in [0.2, 0.25) is 0 Å². The van der Waals surface area contributed by atoms with Crippen LogP contribution in [0.1, 0.15) is 5.69 Å². The van der Waals surface area contributed by atoms with Crippen LogP contribution in [0, 0.1) is 10.9 Å². The monoisotopic (exact) mass is 423 g/mol. The highest BCUT2D eigenvalue weighted by molar-refractivity contribution is 7.73. The van der Waals surface area contributed by atoms with Gasteiger partial charge in [-0.2, -0.15) is 0 Å². The first kappa shape index (κ1) is 19.1. The summed E-state index contributed by atoms with van der Waals surface area (Å²) in [4.78, 5) is 26.9. The van der Waals surface area contributed by atoms with Crippen LogP contribution in [-0.4, -0.2) is 19.0 Å². The first-order valence-electron chi connectivity index (χ1n) is 8.79. The van der Waals surface area contributed by atoms with Gasteiger partial charge in [0.15, 0.2) is 3.95 Å². The minimum atomic E-state index is -0.372. The van der Waals surface area contributed by atoms with Crippen LogP contribution in [0.4, 0.5) is 0 Å². The molecule has 0 fully saturated rings. The number of benzene rings is 2. The number of aromatic hydroxyl groups is 1. The van der Waals surface area contributed by atoms with Gasteiger partial charge < -0.3 is 5.11 Å². The molecule has 146 valence electrons. The van der Waals surface area contributed by atoms with E-state index in [1.165, 1.54) is 26.7 Å². The molecule has 2 heterocycles. The van der Waals surface area contributed by atoms with E-state index >= 15 is 0 Å². The van der Waals surface area contributed by atoms with Gasteiger partial charge in [-0.25, -0.2) is 4.68 Å². The quantitative estimate of drug-likeness (QED) is 0.509. The number of rotatable bonds is 3. The standard InChI is InChI=1S/C21H17N3O3S2/c1-13-19(20(27)24(22(13)2)15-6-4-3-5-7-15)23-18(26)12-17(29-21(23)28)14-8-10-16(25)11-9-14/h3-12,25H,1-2H3. The Bertz CT molecular complexity index is 1350. The van der Waals surface area contributed by atoms with E-state index in [9.17, 15) is 14.7 Å². The van der Waals surface area contributed by atoms with Gasteiger partial charge >= 0.3 is 0 Å². The maximum atomic E-state index is 13.2. The zero-order valence-electron chi connectivity index (χ0n) is 15.7. The smallest absolute Gasteiger partial charge is 0.296 e. The van der Waals surface area contributed by atoms with E-state index in [1.54, 1.807) is 42.9 Å². The number of phenolic OH excluding ortho intramolecular Hbond substituents is 1. The highest BCUT2D eigenvalue weighted by Gasteiger charge is 2.20. The highest BCUT2D eigenvalue weighted by atomic mass is 32.1. The second-order valence-electron chi connectivity index (χ2n) is 6.51. The predicted octanol–water partition coefficient (Wildman–Crippen LogP) is 3.80. The van der Waals surface area contributed by atoms with E-state index in [4.69, 9.17) is 12.2 Å². The summed E-state index contributed by atoms with van der Waals surface area (Å²) in [5, 5.41) is 9.47. The van der Waals surface area contributed by atoms with Gasteiger partial charge in [0.25, 0.3) is 11.1 Å². The summed E-state index contributed by atoms with van der Waals surface area (Å²) in [6.07, 6.45) is 0. The van der Waals surface area contributed by atoms with Crippen LogP contribution in [0.3, 0.4) is 0 Å². The van der Waals surface area contributed by atoms with Gasteiger partial charge in [-0.05, 0) is 61.1 Å². The van der Waals surface area contributed by atoms with Crippen LogP contribution >= 0.6 is 23.6 Å². The van der Waals surface area contributed by atoms with Gasteiger partial charge in [0.2, 0.25) is 0 Å². The van der Waals surface area contributed by atoms with Crippen molar-refractivity contribution in [1.82, 2.24) is 13.9 Å². The van der Waals surface area contributed by atoms with E-state index < -0.39 is 0 Å². The molecule has 0 saturated carbocycles. The van der Waals surface area contributed by atoms with E-state index in [0.717, 1.165) is 5.56 Å². The van der Waals surface area contributed by atoms with E-state index in [0.29, 0.717) is 16.3 Å². The molecule has 2 aromatic heterocycles. The summed E-state index contributed by atoms with van der Waals surface area (Å²) in [5.41, 5.74) is 1.68. The van der Waals surface area contributed by atoms with Crippen LogP contribution in [-0.2, 0) is 7.05 Å². The molecule has 0 aliphatic heterocycles. The molecule has 2 aromatic carbocycles. The molecule has 0 amide bonds. The topological polar surface area (TPSA) is 69.2 Å². The van der Waals surface area contributed by atoms with E-state index in [-0.39, 0.29) is 26.5 Å². The molecule has 4 rings (SSSR count). The average Bonchev–Trinajstić information content (AvgIpc) is 2.92. The van der Waals surface area contributed by atoms with Gasteiger partial charge in [0.05, 0.1) is 11.4 Å². The molecule has 0 spiro atoms. The molecule has 29 heavy (non-hydrogen) atoms. The zero-order chi connectivity index (χ0) is 20.7. The minimum Gasteiger partial charge on any atom is -0.508 e. The maximum absolute atomic E-state index is 13.2. The molecule has 0 unspecified atom stereocenters. The van der Waals surface area contributed by atoms with Crippen LogP contribution in [0.25, 0.3) is 21.8 Å². The van der Waals surface area contributed by atoms with Crippen molar-refractivity contribution < 1.29 is 5.11 Å². The first-order valence-corrected chi connectivity index (χ1v) is 10.0. The van der Waals surface area contributed by atoms with Crippen LogP contribution in [0.15, 0.2) is 70.3 Å².